The van der Waals surface area contributed by atoms with E-state index in [0.717, 1.165) is 10.9 Å². The molecule has 3 rings (SSSR count). The molecule has 0 radical (unpaired) electrons. The van der Waals surface area contributed by atoms with Crippen molar-refractivity contribution < 1.29 is 13.5 Å². The number of benzene rings is 3. The van der Waals surface area contributed by atoms with E-state index in [9.17, 15) is 9.32 Å². The van der Waals surface area contributed by atoms with Crippen LogP contribution in [0.4, 0.5) is 5.69 Å². The standard InChI is InChI=1S/C17H15NO3S/c1-12-6-9-14(10-7-12)21-22(20)18-16-11-8-13-4-2-3-5-15(13)17(16)19/h2-11,18-19H,1H3. The maximum absolute atomic E-state index is 12.0. The molecule has 0 fully saturated rings. The third-order valence-electron chi connectivity index (χ3n) is 3.29. The summed E-state index contributed by atoms with van der Waals surface area (Å²) in [6.07, 6.45) is 0. The number of fused-ring (bicyclic) bond motifs is 1. The zero-order valence-electron chi connectivity index (χ0n) is 11.9. The summed E-state index contributed by atoms with van der Waals surface area (Å²) in [5.74, 6) is 0.552. The largest absolute Gasteiger partial charge is 0.505 e. The fourth-order valence-electron chi connectivity index (χ4n) is 2.13. The van der Waals surface area contributed by atoms with E-state index in [0.29, 0.717) is 16.8 Å². The van der Waals surface area contributed by atoms with Crippen molar-refractivity contribution in [1.29, 1.82) is 0 Å². The van der Waals surface area contributed by atoms with Crippen molar-refractivity contribution >= 4 is 27.7 Å². The molecule has 0 saturated heterocycles. The summed E-state index contributed by atoms with van der Waals surface area (Å²) in [6, 6.07) is 18.2. The van der Waals surface area contributed by atoms with Gasteiger partial charge in [0, 0.05) is 5.39 Å². The molecule has 4 nitrogen and oxygen atoms in total. The first-order valence-electron chi connectivity index (χ1n) is 6.77. The summed E-state index contributed by atoms with van der Waals surface area (Å²) < 4.78 is 20.0. The van der Waals surface area contributed by atoms with Crippen molar-refractivity contribution in [3.05, 3.63) is 66.2 Å². The van der Waals surface area contributed by atoms with Crippen LogP contribution < -0.4 is 8.91 Å². The molecule has 0 aliphatic heterocycles. The number of aryl methyl sites for hydroxylation is 1. The molecule has 0 amide bonds. The maximum atomic E-state index is 12.0. The van der Waals surface area contributed by atoms with E-state index in [2.05, 4.69) is 4.72 Å². The smallest absolute Gasteiger partial charge is 0.316 e. The Kier molecular flexibility index (Phi) is 3.98. The topological polar surface area (TPSA) is 58.6 Å². The van der Waals surface area contributed by atoms with E-state index in [1.807, 2.05) is 43.3 Å². The Bertz CT molecular complexity index is 831. The lowest BCUT2D eigenvalue weighted by Gasteiger charge is -2.10. The predicted octanol–water partition coefficient (Wildman–Crippen LogP) is 3.92. The highest BCUT2D eigenvalue weighted by Crippen LogP contribution is 2.32. The second-order valence-electron chi connectivity index (χ2n) is 4.92. The van der Waals surface area contributed by atoms with Gasteiger partial charge >= 0.3 is 11.3 Å². The summed E-state index contributed by atoms with van der Waals surface area (Å²) in [5, 5.41) is 11.9. The van der Waals surface area contributed by atoms with E-state index >= 15 is 0 Å². The van der Waals surface area contributed by atoms with Crippen LogP contribution in [0.25, 0.3) is 10.8 Å². The molecule has 0 saturated carbocycles. The third kappa shape index (κ3) is 3.04. The third-order valence-corrected chi connectivity index (χ3v) is 4.02. The molecule has 112 valence electrons. The molecule has 5 heteroatoms. The van der Waals surface area contributed by atoms with Crippen molar-refractivity contribution in [1.82, 2.24) is 0 Å². The lowest BCUT2D eigenvalue weighted by atomic mass is 10.1. The Balaban J connectivity index is 1.79. The van der Waals surface area contributed by atoms with Crippen LogP contribution in [0.3, 0.4) is 0 Å². The van der Waals surface area contributed by atoms with Gasteiger partial charge in [-0.2, -0.15) is 4.21 Å². The van der Waals surface area contributed by atoms with Crippen LogP contribution in [0, 0.1) is 6.92 Å². The molecule has 3 aromatic rings. The molecule has 0 heterocycles. The molecular formula is C17H15NO3S. The first-order valence-corrected chi connectivity index (χ1v) is 7.85. The number of hydrogen-bond donors (Lipinski definition) is 2. The highest BCUT2D eigenvalue weighted by atomic mass is 32.2. The Hall–Kier alpha value is -2.53. The SMILES string of the molecule is Cc1ccc(OS(=O)Nc2ccc3ccccc3c2O)cc1. The van der Waals surface area contributed by atoms with E-state index < -0.39 is 11.3 Å². The van der Waals surface area contributed by atoms with Gasteiger partial charge in [0.05, 0.1) is 5.69 Å². The summed E-state index contributed by atoms with van der Waals surface area (Å²) in [6.45, 7) is 1.96. The van der Waals surface area contributed by atoms with Gasteiger partial charge in [0.15, 0.2) is 0 Å². The lowest BCUT2D eigenvalue weighted by molar-refractivity contribution is 0.483. The first-order chi connectivity index (χ1) is 10.6. The van der Waals surface area contributed by atoms with Gasteiger partial charge in [-0.05, 0) is 30.5 Å². The van der Waals surface area contributed by atoms with Crippen LogP contribution in [0.15, 0.2) is 60.7 Å². The summed E-state index contributed by atoms with van der Waals surface area (Å²) in [7, 11) is 0. The Labute approximate surface area is 131 Å². The number of aromatic hydroxyl groups is 1. The second kappa shape index (κ2) is 6.07. The minimum atomic E-state index is -1.79. The number of phenolic OH excluding ortho intramolecular Hbond substituents is 1. The van der Waals surface area contributed by atoms with Gasteiger partial charge in [-0.25, -0.2) is 0 Å². The Morgan fingerprint density at radius 1 is 1.00 bits per heavy atom. The van der Waals surface area contributed by atoms with Gasteiger partial charge in [0.2, 0.25) is 0 Å². The fraction of sp³-hybridized carbons (Fsp3) is 0.0588. The lowest BCUT2D eigenvalue weighted by Crippen LogP contribution is -2.11. The Morgan fingerprint density at radius 3 is 2.50 bits per heavy atom. The molecule has 1 atom stereocenters. The molecule has 0 aromatic heterocycles. The van der Waals surface area contributed by atoms with Crippen molar-refractivity contribution in [3.8, 4) is 11.5 Å². The van der Waals surface area contributed by atoms with Gasteiger partial charge in [0.25, 0.3) is 0 Å². The van der Waals surface area contributed by atoms with Crippen molar-refractivity contribution in [2.45, 2.75) is 6.92 Å². The van der Waals surface area contributed by atoms with Gasteiger partial charge in [-0.15, -0.1) is 0 Å². The highest BCUT2D eigenvalue weighted by molar-refractivity contribution is 7.82. The summed E-state index contributed by atoms with van der Waals surface area (Å²) in [4.78, 5) is 0. The van der Waals surface area contributed by atoms with Crippen LogP contribution in [0.1, 0.15) is 5.56 Å². The average molecular weight is 313 g/mol. The Morgan fingerprint density at radius 2 is 1.73 bits per heavy atom. The molecule has 0 bridgehead atoms. The number of nitrogens with one attached hydrogen (secondary N) is 1. The van der Waals surface area contributed by atoms with Gasteiger partial charge in [-0.3, -0.25) is 4.72 Å². The molecule has 3 aromatic carbocycles. The van der Waals surface area contributed by atoms with Crippen LogP contribution in [0.5, 0.6) is 11.5 Å². The van der Waals surface area contributed by atoms with E-state index in [4.69, 9.17) is 4.18 Å². The molecule has 0 aliphatic rings. The summed E-state index contributed by atoms with van der Waals surface area (Å²) in [5.41, 5.74) is 1.46. The molecule has 22 heavy (non-hydrogen) atoms. The van der Waals surface area contributed by atoms with Gasteiger partial charge in [-0.1, -0.05) is 48.0 Å². The predicted molar refractivity (Wildman–Crippen MR) is 89.2 cm³/mol. The van der Waals surface area contributed by atoms with E-state index in [1.165, 1.54) is 0 Å². The zero-order chi connectivity index (χ0) is 15.5. The number of rotatable bonds is 4. The van der Waals surface area contributed by atoms with E-state index in [1.54, 1.807) is 24.3 Å². The maximum Gasteiger partial charge on any atom is 0.316 e. The van der Waals surface area contributed by atoms with Crippen LogP contribution >= 0.6 is 0 Å². The average Bonchev–Trinajstić information content (AvgIpc) is 2.53. The molecule has 1 unspecified atom stereocenters. The monoisotopic (exact) mass is 313 g/mol. The van der Waals surface area contributed by atoms with Crippen LogP contribution in [0.2, 0.25) is 0 Å². The van der Waals surface area contributed by atoms with Crippen LogP contribution in [-0.2, 0) is 11.3 Å². The second-order valence-corrected chi connectivity index (χ2v) is 5.76. The van der Waals surface area contributed by atoms with Gasteiger partial charge < -0.3 is 9.29 Å². The van der Waals surface area contributed by atoms with Crippen LogP contribution in [-0.4, -0.2) is 9.32 Å². The molecule has 0 spiro atoms. The zero-order valence-corrected chi connectivity index (χ0v) is 12.8. The van der Waals surface area contributed by atoms with Crippen molar-refractivity contribution in [2.75, 3.05) is 4.72 Å². The van der Waals surface area contributed by atoms with Gasteiger partial charge in [0.1, 0.15) is 11.5 Å². The quantitative estimate of drug-likeness (QED) is 0.718. The van der Waals surface area contributed by atoms with Crippen molar-refractivity contribution in [2.24, 2.45) is 0 Å². The molecular weight excluding hydrogens is 298 g/mol. The minimum Gasteiger partial charge on any atom is -0.505 e. The normalized spacial score (nSPS) is 12.0. The molecule has 0 aliphatic carbocycles. The molecule has 2 N–H and O–H groups in total. The number of anilines is 1. The highest BCUT2D eigenvalue weighted by Gasteiger charge is 2.10. The number of hydrogen-bond acceptors (Lipinski definition) is 3. The van der Waals surface area contributed by atoms with Crippen molar-refractivity contribution in [3.63, 3.8) is 0 Å². The fourth-order valence-corrected chi connectivity index (χ4v) is 2.80. The first kappa shape index (κ1) is 14.4. The van der Waals surface area contributed by atoms with E-state index in [-0.39, 0.29) is 5.75 Å². The number of phenols is 1. The summed E-state index contributed by atoms with van der Waals surface area (Å²) >= 11 is -1.79. The minimum absolute atomic E-state index is 0.0546.